The lowest BCUT2D eigenvalue weighted by Gasteiger charge is -2.28. The van der Waals surface area contributed by atoms with Crippen molar-refractivity contribution in [1.82, 2.24) is 0 Å². The summed E-state index contributed by atoms with van der Waals surface area (Å²) < 4.78 is 10.4. The van der Waals surface area contributed by atoms with Gasteiger partial charge in [0.25, 0.3) is 0 Å². The largest absolute Gasteiger partial charge is 0.465 e. The summed E-state index contributed by atoms with van der Waals surface area (Å²) in [6.45, 7) is 7.64. The summed E-state index contributed by atoms with van der Waals surface area (Å²) in [7, 11) is 0. The molecule has 0 saturated heterocycles. The molecule has 0 aliphatic carbocycles. The van der Waals surface area contributed by atoms with Crippen LogP contribution in [0.4, 0.5) is 0 Å². The quantitative estimate of drug-likeness (QED) is 0.778. The number of dihydropyridines is 1. The summed E-state index contributed by atoms with van der Waals surface area (Å²) in [5.74, 6) is -1.46. The van der Waals surface area contributed by atoms with Crippen LogP contribution < -0.4 is 0 Å². The average molecular weight is 329 g/mol. The van der Waals surface area contributed by atoms with Gasteiger partial charge in [-0.05, 0) is 38.8 Å². The lowest BCUT2D eigenvalue weighted by atomic mass is 9.83. The van der Waals surface area contributed by atoms with Crippen LogP contribution in [-0.2, 0) is 19.1 Å². The van der Waals surface area contributed by atoms with Gasteiger partial charge in [-0.3, -0.25) is 9.79 Å². The van der Waals surface area contributed by atoms with Gasteiger partial charge in [-0.1, -0.05) is 30.3 Å². The molecular formula is C19H23NO4. The highest BCUT2D eigenvalue weighted by Crippen LogP contribution is 2.37. The maximum Gasteiger partial charge on any atom is 0.336 e. The molecule has 1 aromatic rings. The van der Waals surface area contributed by atoms with Gasteiger partial charge < -0.3 is 9.47 Å². The maximum atomic E-state index is 12.5. The van der Waals surface area contributed by atoms with Crippen LogP contribution in [0.5, 0.6) is 0 Å². The monoisotopic (exact) mass is 329 g/mol. The van der Waals surface area contributed by atoms with Gasteiger partial charge in [0, 0.05) is 5.71 Å². The first-order chi connectivity index (χ1) is 11.5. The summed E-state index contributed by atoms with van der Waals surface area (Å²) in [6.07, 6.45) is 0. The van der Waals surface area contributed by atoms with E-state index in [-0.39, 0.29) is 19.2 Å². The molecule has 1 aromatic carbocycles. The van der Waals surface area contributed by atoms with E-state index in [1.807, 2.05) is 30.3 Å². The van der Waals surface area contributed by atoms with E-state index < -0.39 is 17.9 Å². The first-order valence-corrected chi connectivity index (χ1v) is 8.14. The van der Waals surface area contributed by atoms with E-state index in [1.165, 1.54) is 0 Å². The summed E-state index contributed by atoms with van der Waals surface area (Å²) in [6, 6.07) is 9.07. The number of hydrogen-bond donors (Lipinski definition) is 0. The molecule has 0 spiro atoms. The van der Waals surface area contributed by atoms with Gasteiger partial charge in [-0.2, -0.15) is 0 Å². The fourth-order valence-electron chi connectivity index (χ4n) is 2.96. The van der Waals surface area contributed by atoms with Crippen molar-refractivity contribution in [1.29, 1.82) is 0 Å². The zero-order valence-corrected chi connectivity index (χ0v) is 14.5. The van der Waals surface area contributed by atoms with E-state index in [4.69, 9.17) is 9.47 Å². The molecule has 1 aliphatic rings. The van der Waals surface area contributed by atoms with E-state index >= 15 is 0 Å². The fraction of sp³-hybridized carbons (Fsp3) is 0.421. The molecular weight excluding hydrogens is 306 g/mol. The van der Waals surface area contributed by atoms with Crippen LogP contribution >= 0.6 is 0 Å². The third-order valence-corrected chi connectivity index (χ3v) is 4.01. The molecule has 5 heteroatoms. The first kappa shape index (κ1) is 17.9. The molecule has 1 aliphatic heterocycles. The zero-order chi connectivity index (χ0) is 17.7. The van der Waals surface area contributed by atoms with Gasteiger partial charge in [0.05, 0.1) is 18.8 Å². The van der Waals surface area contributed by atoms with Crippen molar-refractivity contribution in [2.24, 2.45) is 10.9 Å². The third-order valence-electron chi connectivity index (χ3n) is 4.01. The summed E-state index contributed by atoms with van der Waals surface area (Å²) in [5.41, 5.74) is 2.61. The summed E-state index contributed by atoms with van der Waals surface area (Å²) >= 11 is 0. The number of esters is 2. The Labute approximate surface area is 142 Å². The van der Waals surface area contributed by atoms with Gasteiger partial charge in [0.15, 0.2) is 0 Å². The molecule has 0 amide bonds. The maximum absolute atomic E-state index is 12.5. The van der Waals surface area contributed by atoms with Crippen molar-refractivity contribution >= 4 is 17.7 Å². The van der Waals surface area contributed by atoms with Crippen LogP contribution in [0.15, 0.2) is 46.5 Å². The summed E-state index contributed by atoms with van der Waals surface area (Å²) in [5, 5.41) is 0. The number of rotatable bonds is 5. The Kier molecular flexibility index (Phi) is 5.90. The number of benzene rings is 1. The molecule has 2 rings (SSSR count). The number of ether oxygens (including phenoxy) is 2. The Morgan fingerprint density at radius 1 is 1.04 bits per heavy atom. The normalized spacial score (nSPS) is 20.4. The van der Waals surface area contributed by atoms with E-state index in [0.717, 1.165) is 5.56 Å². The summed E-state index contributed by atoms with van der Waals surface area (Å²) in [4.78, 5) is 29.5. The standard InChI is InChI=1S/C19H23NO4/c1-5-23-18(21)15-12(3)16(19(22)24-6-2)17(20-13(15)4)14-10-8-7-9-11-14/h7-11,15,17H,5-6H2,1-4H3/t15-,17+/m0/s1. The highest BCUT2D eigenvalue weighted by atomic mass is 16.5. The highest BCUT2D eigenvalue weighted by molar-refractivity contribution is 6.07. The van der Waals surface area contributed by atoms with Crippen molar-refractivity contribution in [3.8, 4) is 0 Å². The van der Waals surface area contributed by atoms with Crippen LogP contribution in [0.1, 0.15) is 39.3 Å². The molecule has 0 radical (unpaired) electrons. The highest BCUT2D eigenvalue weighted by Gasteiger charge is 2.37. The SMILES string of the molecule is CCOC(=O)C1=C(C)[C@H](C(=O)OCC)C(C)=N[C@@H]1c1ccccc1. The van der Waals surface area contributed by atoms with Crippen molar-refractivity contribution in [3.05, 3.63) is 47.0 Å². The van der Waals surface area contributed by atoms with Crippen molar-refractivity contribution < 1.29 is 19.1 Å². The zero-order valence-electron chi connectivity index (χ0n) is 14.5. The van der Waals surface area contributed by atoms with Gasteiger partial charge >= 0.3 is 11.9 Å². The molecule has 2 atom stereocenters. The number of carbonyl (C=O) groups excluding carboxylic acids is 2. The van der Waals surface area contributed by atoms with Crippen LogP contribution in [0.3, 0.4) is 0 Å². The molecule has 0 fully saturated rings. The predicted octanol–water partition coefficient (Wildman–Crippen LogP) is 3.26. The second-order valence-electron chi connectivity index (χ2n) is 5.59. The third kappa shape index (κ3) is 3.55. The van der Waals surface area contributed by atoms with Gasteiger partial charge in [-0.25, -0.2) is 4.79 Å². The van der Waals surface area contributed by atoms with Gasteiger partial charge in [0.1, 0.15) is 12.0 Å². The number of aliphatic imine (C=N–C) groups is 1. The molecule has 128 valence electrons. The van der Waals surface area contributed by atoms with E-state index in [0.29, 0.717) is 16.9 Å². The Hall–Kier alpha value is -2.43. The van der Waals surface area contributed by atoms with Crippen molar-refractivity contribution in [3.63, 3.8) is 0 Å². The molecule has 24 heavy (non-hydrogen) atoms. The molecule has 0 bridgehead atoms. The Morgan fingerprint density at radius 3 is 2.25 bits per heavy atom. The number of hydrogen-bond acceptors (Lipinski definition) is 5. The van der Waals surface area contributed by atoms with Crippen molar-refractivity contribution in [2.45, 2.75) is 33.7 Å². The minimum atomic E-state index is -0.635. The lowest BCUT2D eigenvalue weighted by Crippen LogP contribution is -2.33. The molecule has 5 nitrogen and oxygen atoms in total. The second kappa shape index (κ2) is 7.90. The van der Waals surface area contributed by atoms with E-state index in [9.17, 15) is 9.59 Å². The van der Waals surface area contributed by atoms with Crippen LogP contribution in [0, 0.1) is 5.92 Å². The Balaban J connectivity index is 2.52. The Morgan fingerprint density at radius 2 is 1.67 bits per heavy atom. The lowest BCUT2D eigenvalue weighted by molar-refractivity contribution is -0.144. The average Bonchev–Trinajstić information content (AvgIpc) is 2.55. The first-order valence-electron chi connectivity index (χ1n) is 8.14. The van der Waals surface area contributed by atoms with Gasteiger partial charge in [0.2, 0.25) is 0 Å². The van der Waals surface area contributed by atoms with Crippen molar-refractivity contribution in [2.75, 3.05) is 13.2 Å². The minimum absolute atomic E-state index is 0.268. The molecule has 0 N–H and O–H groups in total. The molecule has 0 aromatic heterocycles. The second-order valence-corrected chi connectivity index (χ2v) is 5.59. The van der Waals surface area contributed by atoms with Crippen LogP contribution in [0.2, 0.25) is 0 Å². The molecule has 0 saturated carbocycles. The van der Waals surface area contributed by atoms with Crippen LogP contribution in [0.25, 0.3) is 0 Å². The topological polar surface area (TPSA) is 65.0 Å². The smallest absolute Gasteiger partial charge is 0.336 e. The van der Waals surface area contributed by atoms with E-state index in [1.54, 1.807) is 27.7 Å². The van der Waals surface area contributed by atoms with Gasteiger partial charge in [-0.15, -0.1) is 0 Å². The van der Waals surface area contributed by atoms with Crippen LogP contribution in [-0.4, -0.2) is 30.9 Å². The molecule has 1 heterocycles. The molecule has 0 unspecified atom stereocenters. The van der Waals surface area contributed by atoms with E-state index in [2.05, 4.69) is 4.99 Å². The number of carbonyl (C=O) groups is 2. The minimum Gasteiger partial charge on any atom is -0.465 e. The Bertz CT molecular complexity index is 676. The predicted molar refractivity (Wildman–Crippen MR) is 91.7 cm³/mol. The fourth-order valence-corrected chi connectivity index (χ4v) is 2.96. The number of nitrogens with zero attached hydrogens (tertiary/aromatic N) is 1.